The van der Waals surface area contributed by atoms with Gasteiger partial charge in [-0.3, -0.25) is 9.69 Å². The van der Waals surface area contributed by atoms with Crippen molar-refractivity contribution in [1.82, 2.24) is 14.7 Å². The lowest BCUT2D eigenvalue weighted by Gasteiger charge is -2.35. The number of anilines is 2. The number of piperazine rings is 1. The first-order valence-corrected chi connectivity index (χ1v) is 11.9. The average molecular weight is 446 g/mol. The highest BCUT2D eigenvalue weighted by atomic mass is 16.3. The Kier molecular flexibility index (Phi) is 6.30. The molecule has 0 spiro atoms. The van der Waals surface area contributed by atoms with Crippen LogP contribution in [-0.2, 0) is 4.79 Å². The van der Waals surface area contributed by atoms with E-state index < -0.39 is 0 Å². The zero-order chi connectivity index (χ0) is 22.6. The number of nitrogens with zero attached hydrogens (tertiary/aromatic N) is 4. The monoisotopic (exact) mass is 445 g/mol. The molecule has 2 N–H and O–H groups in total. The second kappa shape index (κ2) is 9.67. The minimum Gasteiger partial charge on any atom is -0.508 e. The fourth-order valence-electron chi connectivity index (χ4n) is 4.89. The Morgan fingerprint density at radius 2 is 1.64 bits per heavy atom. The third-order valence-electron chi connectivity index (χ3n) is 6.72. The Balaban J connectivity index is 1.23. The van der Waals surface area contributed by atoms with Crippen LogP contribution in [0.4, 0.5) is 11.5 Å². The van der Waals surface area contributed by atoms with Gasteiger partial charge in [0.05, 0.1) is 17.9 Å². The van der Waals surface area contributed by atoms with E-state index in [1.165, 1.54) is 25.7 Å². The number of phenols is 1. The van der Waals surface area contributed by atoms with E-state index in [1.54, 1.807) is 12.1 Å². The van der Waals surface area contributed by atoms with Crippen molar-refractivity contribution in [3.8, 4) is 11.4 Å². The molecule has 1 aliphatic carbocycles. The number of para-hydroxylation sites is 1. The molecule has 1 saturated carbocycles. The summed E-state index contributed by atoms with van der Waals surface area (Å²) in [6.45, 7) is 3.71. The van der Waals surface area contributed by atoms with Gasteiger partial charge < -0.3 is 15.3 Å². The second-order valence-electron chi connectivity index (χ2n) is 9.01. The molecule has 2 fully saturated rings. The van der Waals surface area contributed by atoms with Gasteiger partial charge in [0.1, 0.15) is 11.6 Å². The number of nitrogens with one attached hydrogen (secondary N) is 1. The van der Waals surface area contributed by atoms with E-state index in [0.29, 0.717) is 12.5 Å². The van der Waals surface area contributed by atoms with Gasteiger partial charge in [-0.1, -0.05) is 31.0 Å². The van der Waals surface area contributed by atoms with Crippen molar-refractivity contribution in [1.29, 1.82) is 0 Å². The molecule has 1 saturated heterocycles. The Hall–Kier alpha value is -3.32. The molecule has 2 heterocycles. The van der Waals surface area contributed by atoms with Crippen LogP contribution in [0.1, 0.15) is 37.3 Å². The van der Waals surface area contributed by atoms with Crippen molar-refractivity contribution in [2.24, 2.45) is 0 Å². The van der Waals surface area contributed by atoms with Gasteiger partial charge in [-0.05, 0) is 49.2 Å². The summed E-state index contributed by atoms with van der Waals surface area (Å²) in [6.07, 6.45) is 4.84. The van der Waals surface area contributed by atoms with Crippen molar-refractivity contribution in [2.75, 3.05) is 42.9 Å². The molecule has 3 aromatic rings. The van der Waals surface area contributed by atoms with E-state index in [4.69, 9.17) is 5.10 Å². The van der Waals surface area contributed by atoms with Gasteiger partial charge in [-0.15, -0.1) is 0 Å². The van der Waals surface area contributed by atoms with Crippen LogP contribution < -0.4 is 10.2 Å². The summed E-state index contributed by atoms with van der Waals surface area (Å²) in [6, 6.07) is 19.4. The van der Waals surface area contributed by atoms with Gasteiger partial charge in [0.25, 0.3) is 0 Å². The van der Waals surface area contributed by atoms with Gasteiger partial charge in [0.15, 0.2) is 0 Å². The van der Waals surface area contributed by atoms with E-state index in [2.05, 4.69) is 21.2 Å². The molecule has 7 heteroatoms. The maximum atomic E-state index is 12.9. The molecule has 1 aliphatic heterocycles. The molecule has 0 bridgehead atoms. The Labute approximate surface area is 194 Å². The minimum atomic E-state index is -0.0110. The molecular formula is C26H31N5O2. The number of hydrogen-bond donors (Lipinski definition) is 2. The number of rotatable bonds is 6. The summed E-state index contributed by atoms with van der Waals surface area (Å²) in [4.78, 5) is 17.4. The molecule has 0 radical (unpaired) electrons. The lowest BCUT2D eigenvalue weighted by Crippen LogP contribution is -2.48. The number of amides is 1. The fraction of sp³-hybridized carbons (Fsp3) is 0.385. The molecule has 5 rings (SSSR count). The number of carbonyl (C=O) groups is 1. The Morgan fingerprint density at radius 3 is 2.33 bits per heavy atom. The zero-order valence-corrected chi connectivity index (χ0v) is 18.9. The predicted octanol–water partition coefficient (Wildman–Crippen LogP) is 4.00. The average Bonchev–Trinajstić information content (AvgIpc) is 3.51. The van der Waals surface area contributed by atoms with Gasteiger partial charge >= 0.3 is 0 Å². The first kappa shape index (κ1) is 21.5. The van der Waals surface area contributed by atoms with Crippen molar-refractivity contribution in [2.45, 2.75) is 31.6 Å². The summed E-state index contributed by atoms with van der Waals surface area (Å²) in [5.41, 5.74) is 3.14. The maximum Gasteiger partial charge on any atom is 0.239 e. The van der Waals surface area contributed by atoms with Crippen molar-refractivity contribution >= 4 is 17.4 Å². The normalized spacial score (nSPS) is 17.4. The van der Waals surface area contributed by atoms with Gasteiger partial charge in [-0.2, -0.15) is 5.10 Å². The van der Waals surface area contributed by atoms with Gasteiger partial charge in [0, 0.05) is 43.9 Å². The standard InChI is InChI=1S/C26H31N5O2/c32-23-12-10-21(11-13-23)30-16-14-29(15-17-30)19-26(33)27-25-18-24(20-6-4-5-7-20)28-31(25)22-8-2-1-3-9-22/h1-3,8-13,18,20,32H,4-7,14-17,19H2,(H,27,33). The van der Waals surface area contributed by atoms with Crippen LogP contribution in [0.15, 0.2) is 60.7 Å². The largest absolute Gasteiger partial charge is 0.508 e. The molecule has 7 nitrogen and oxygen atoms in total. The number of hydrogen-bond acceptors (Lipinski definition) is 5. The maximum absolute atomic E-state index is 12.9. The molecule has 0 unspecified atom stereocenters. The zero-order valence-electron chi connectivity index (χ0n) is 18.9. The molecular weight excluding hydrogens is 414 g/mol. The Bertz CT molecular complexity index is 1070. The van der Waals surface area contributed by atoms with Crippen LogP contribution in [-0.4, -0.2) is 58.4 Å². The number of aromatic nitrogens is 2. The molecule has 1 amide bonds. The third-order valence-corrected chi connectivity index (χ3v) is 6.72. The SMILES string of the molecule is O=C(CN1CCN(c2ccc(O)cc2)CC1)Nc1cc(C2CCCC2)nn1-c1ccccc1. The van der Waals surface area contributed by atoms with Crippen LogP contribution in [0.2, 0.25) is 0 Å². The van der Waals surface area contributed by atoms with E-state index in [9.17, 15) is 9.90 Å². The fourth-order valence-corrected chi connectivity index (χ4v) is 4.89. The molecule has 2 aliphatic rings. The lowest BCUT2D eigenvalue weighted by atomic mass is 10.0. The minimum absolute atomic E-state index is 0.0110. The smallest absolute Gasteiger partial charge is 0.239 e. The molecule has 2 aromatic carbocycles. The third kappa shape index (κ3) is 5.03. The second-order valence-corrected chi connectivity index (χ2v) is 9.01. The first-order valence-electron chi connectivity index (χ1n) is 11.9. The predicted molar refractivity (Wildman–Crippen MR) is 130 cm³/mol. The van der Waals surface area contributed by atoms with Crippen LogP contribution in [0.25, 0.3) is 5.69 Å². The van der Waals surface area contributed by atoms with Gasteiger partial charge in [0.2, 0.25) is 5.91 Å². The van der Waals surface area contributed by atoms with E-state index in [1.807, 2.05) is 47.1 Å². The van der Waals surface area contributed by atoms with Crippen LogP contribution >= 0.6 is 0 Å². The summed E-state index contributed by atoms with van der Waals surface area (Å²) in [5.74, 6) is 1.50. The van der Waals surface area contributed by atoms with E-state index in [-0.39, 0.29) is 11.7 Å². The lowest BCUT2D eigenvalue weighted by molar-refractivity contribution is -0.117. The number of phenolic OH excluding ortho intramolecular Hbond substituents is 1. The van der Waals surface area contributed by atoms with Crippen LogP contribution in [0.5, 0.6) is 5.75 Å². The highest BCUT2D eigenvalue weighted by molar-refractivity contribution is 5.91. The number of carbonyl (C=O) groups excluding carboxylic acids is 1. The highest BCUT2D eigenvalue weighted by Gasteiger charge is 2.24. The van der Waals surface area contributed by atoms with Crippen molar-refractivity contribution in [3.63, 3.8) is 0 Å². The molecule has 1 aromatic heterocycles. The van der Waals surface area contributed by atoms with E-state index in [0.717, 1.165) is 49.1 Å². The van der Waals surface area contributed by atoms with Crippen LogP contribution in [0.3, 0.4) is 0 Å². The van der Waals surface area contributed by atoms with Crippen LogP contribution in [0, 0.1) is 0 Å². The molecule has 33 heavy (non-hydrogen) atoms. The summed E-state index contributed by atoms with van der Waals surface area (Å²) in [7, 11) is 0. The number of benzene rings is 2. The molecule has 172 valence electrons. The molecule has 0 atom stereocenters. The van der Waals surface area contributed by atoms with E-state index >= 15 is 0 Å². The van der Waals surface area contributed by atoms with Crippen molar-refractivity contribution in [3.05, 3.63) is 66.4 Å². The Morgan fingerprint density at radius 1 is 0.939 bits per heavy atom. The summed E-state index contributed by atoms with van der Waals surface area (Å²) in [5, 5.41) is 17.5. The number of aromatic hydroxyl groups is 1. The summed E-state index contributed by atoms with van der Waals surface area (Å²) < 4.78 is 1.87. The quantitative estimate of drug-likeness (QED) is 0.600. The summed E-state index contributed by atoms with van der Waals surface area (Å²) >= 11 is 0. The first-order chi connectivity index (χ1) is 16.2. The van der Waals surface area contributed by atoms with Crippen molar-refractivity contribution < 1.29 is 9.90 Å². The van der Waals surface area contributed by atoms with Gasteiger partial charge in [-0.25, -0.2) is 4.68 Å². The topological polar surface area (TPSA) is 73.6 Å². The highest BCUT2D eigenvalue weighted by Crippen LogP contribution is 2.35.